The number of carbonyl (C=O) groups excluding carboxylic acids is 1. The molecule has 0 bridgehead atoms. The van der Waals surface area contributed by atoms with E-state index >= 15 is 0 Å². The standard InChI is InChI=1S/C15H13BrN2O2/c1-8-3-2-4-10-13(8)17-14(18-15(10)20)9-5-6-12(19)11(16)7-9/h2-7,14,17,19H,1H3,(H,18,20). The number of halogens is 1. The summed E-state index contributed by atoms with van der Waals surface area (Å²) >= 11 is 3.28. The molecule has 2 aromatic carbocycles. The number of benzene rings is 2. The molecule has 1 heterocycles. The molecule has 102 valence electrons. The van der Waals surface area contributed by atoms with Gasteiger partial charge in [0.1, 0.15) is 11.9 Å². The van der Waals surface area contributed by atoms with Gasteiger partial charge in [0.2, 0.25) is 0 Å². The van der Waals surface area contributed by atoms with Crippen molar-refractivity contribution in [2.75, 3.05) is 5.32 Å². The van der Waals surface area contributed by atoms with Gasteiger partial charge < -0.3 is 15.7 Å². The Bertz CT molecular complexity index is 700. The summed E-state index contributed by atoms with van der Waals surface area (Å²) in [6.45, 7) is 1.97. The van der Waals surface area contributed by atoms with Crippen molar-refractivity contribution >= 4 is 27.5 Å². The number of anilines is 1. The van der Waals surface area contributed by atoms with E-state index in [4.69, 9.17) is 0 Å². The van der Waals surface area contributed by atoms with Crippen molar-refractivity contribution < 1.29 is 9.90 Å². The molecule has 5 heteroatoms. The van der Waals surface area contributed by atoms with Crippen LogP contribution in [-0.4, -0.2) is 11.0 Å². The fourth-order valence-corrected chi connectivity index (χ4v) is 2.70. The second-order valence-electron chi connectivity index (χ2n) is 4.76. The number of fused-ring (bicyclic) bond motifs is 1. The van der Waals surface area contributed by atoms with Crippen LogP contribution in [0.4, 0.5) is 5.69 Å². The summed E-state index contributed by atoms with van der Waals surface area (Å²) in [6, 6.07) is 10.8. The van der Waals surface area contributed by atoms with E-state index in [0.717, 1.165) is 16.8 Å². The number of phenolic OH excluding ortho intramolecular Hbond substituents is 1. The number of carbonyl (C=O) groups is 1. The number of nitrogens with one attached hydrogen (secondary N) is 2. The highest BCUT2D eigenvalue weighted by Crippen LogP contribution is 2.32. The minimum Gasteiger partial charge on any atom is -0.507 e. The quantitative estimate of drug-likeness (QED) is 0.750. The molecular weight excluding hydrogens is 320 g/mol. The van der Waals surface area contributed by atoms with Crippen LogP contribution in [0.25, 0.3) is 0 Å². The van der Waals surface area contributed by atoms with Gasteiger partial charge in [0.05, 0.1) is 15.7 Å². The lowest BCUT2D eigenvalue weighted by molar-refractivity contribution is 0.0935. The first-order chi connectivity index (χ1) is 9.56. The molecule has 3 rings (SSSR count). The van der Waals surface area contributed by atoms with Crippen LogP contribution in [0.15, 0.2) is 40.9 Å². The highest BCUT2D eigenvalue weighted by Gasteiger charge is 2.25. The number of hydrogen-bond acceptors (Lipinski definition) is 3. The third-order valence-electron chi connectivity index (χ3n) is 3.39. The zero-order valence-corrected chi connectivity index (χ0v) is 12.4. The van der Waals surface area contributed by atoms with Crippen molar-refractivity contribution in [1.29, 1.82) is 0 Å². The maximum absolute atomic E-state index is 12.2. The van der Waals surface area contributed by atoms with Gasteiger partial charge in [-0.3, -0.25) is 4.79 Å². The maximum Gasteiger partial charge on any atom is 0.255 e. The largest absolute Gasteiger partial charge is 0.507 e. The Morgan fingerprint density at radius 2 is 2.00 bits per heavy atom. The van der Waals surface area contributed by atoms with Crippen LogP contribution in [-0.2, 0) is 0 Å². The number of aryl methyl sites for hydroxylation is 1. The number of aromatic hydroxyl groups is 1. The van der Waals surface area contributed by atoms with Crippen molar-refractivity contribution in [3.05, 3.63) is 57.6 Å². The third-order valence-corrected chi connectivity index (χ3v) is 4.02. The van der Waals surface area contributed by atoms with Crippen molar-refractivity contribution in [2.24, 2.45) is 0 Å². The molecule has 1 amide bonds. The third kappa shape index (κ3) is 2.14. The minimum atomic E-state index is -0.312. The predicted molar refractivity (Wildman–Crippen MR) is 80.8 cm³/mol. The zero-order chi connectivity index (χ0) is 14.3. The first-order valence-electron chi connectivity index (χ1n) is 6.21. The van der Waals surface area contributed by atoms with Gasteiger partial charge in [-0.1, -0.05) is 18.2 Å². The molecule has 20 heavy (non-hydrogen) atoms. The molecule has 0 saturated carbocycles. The minimum absolute atomic E-state index is 0.100. The van der Waals surface area contributed by atoms with Gasteiger partial charge in [0, 0.05) is 0 Å². The summed E-state index contributed by atoms with van der Waals surface area (Å²) in [4.78, 5) is 12.2. The Balaban J connectivity index is 2.00. The fraction of sp³-hybridized carbons (Fsp3) is 0.133. The van der Waals surface area contributed by atoms with Gasteiger partial charge in [0.15, 0.2) is 0 Å². The van der Waals surface area contributed by atoms with E-state index in [-0.39, 0.29) is 17.8 Å². The van der Waals surface area contributed by atoms with Crippen molar-refractivity contribution in [2.45, 2.75) is 13.1 Å². The number of amides is 1. The van der Waals surface area contributed by atoms with Crippen LogP contribution in [0, 0.1) is 6.92 Å². The summed E-state index contributed by atoms with van der Waals surface area (Å²) in [5, 5.41) is 15.8. The van der Waals surface area contributed by atoms with E-state index < -0.39 is 0 Å². The van der Waals surface area contributed by atoms with Crippen LogP contribution in [0.1, 0.15) is 27.7 Å². The molecule has 3 N–H and O–H groups in total. The molecule has 0 aliphatic carbocycles. The molecule has 0 fully saturated rings. The lowest BCUT2D eigenvalue weighted by Crippen LogP contribution is -2.38. The van der Waals surface area contributed by atoms with E-state index in [2.05, 4.69) is 26.6 Å². The van der Waals surface area contributed by atoms with Crippen molar-refractivity contribution in [3.8, 4) is 5.75 Å². The monoisotopic (exact) mass is 332 g/mol. The molecule has 4 nitrogen and oxygen atoms in total. The Morgan fingerprint density at radius 3 is 2.75 bits per heavy atom. The van der Waals surface area contributed by atoms with Crippen LogP contribution < -0.4 is 10.6 Å². The Morgan fingerprint density at radius 1 is 1.20 bits per heavy atom. The molecule has 0 spiro atoms. The molecule has 0 saturated heterocycles. The Hall–Kier alpha value is -2.01. The molecule has 2 aromatic rings. The number of rotatable bonds is 1. The second kappa shape index (κ2) is 4.83. The molecule has 1 unspecified atom stereocenters. The van der Waals surface area contributed by atoms with Gasteiger partial charge in [-0.2, -0.15) is 0 Å². The summed E-state index contributed by atoms with van der Waals surface area (Å²) in [6.07, 6.45) is -0.312. The summed E-state index contributed by atoms with van der Waals surface area (Å²) < 4.78 is 0.599. The van der Waals surface area contributed by atoms with Gasteiger partial charge in [-0.25, -0.2) is 0 Å². The van der Waals surface area contributed by atoms with Crippen LogP contribution in [0.5, 0.6) is 5.75 Å². The Kier molecular flexibility index (Phi) is 3.14. The highest BCUT2D eigenvalue weighted by atomic mass is 79.9. The zero-order valence-electron chi connectivity index (χ0n) is 10.8. The van der Waals surface area contributed by atoms with Crippen molar-refractivity contribution in [3.63, 3.8) is 0 Å². The molecule has 1 aliphatic heterocycles. The number of phenols is 1. The lowest BCUT2D eigenvalue weighted by atomic mass is 10.0. The maximum atomic E-state index is 12.2. The van der Waals surface area contributed by atoms with E-state index in [1.807, 2.05) is 19.1 Å². The van der Waals surface area contributed by atoms with Gasteiger partial charge >= 0.3 is 0 Å². The van der Waals surface area contributed by atoms with Crippen LogP contribution in [0.2, 0.25) is 0 Å². The van der Waals surface area contributed by atoms with Crippen molar-refractivity contribution in [1.82, 2.24) is 5.32 Å². The average molecular weight is 333 g/mol. The molecule has 1 aliphatic rings. The molecule has 1 atom stereocenters. The Labute approximate surface area is 125 Å². The topological polar surface area (TPSA) is 61.4 Å². The number of para-hydroxylation sites is 1. The highest BCUT2D eigenvalue weighted by molar-refractivity contribution is 9.10. The fourth-order valence-electron chi connectivity index (χ4n) is 2.31. The first kappa shape index (κ1) is 13.0. The van der Waals surface area contributed by atoms with E-state index in [0.29, 0.717) is 10.0 Å². The summed E-state index contributed by atoms with van der Waals surface area (Å²) in [5.74, 6) is 0.0733. The SMILES string of the molecule is Cc1cccc2c1NC(c1ccc(O)c(Br)c1)NC2=O. The van der Waals surface area contributed by atoms with Gasteiger partial charge in [0.25, 0.3) is 5.91 Å². The summed E-state index contributed by atoms with van der Waals surface area (Å²) in [5.41, 5.74) is 3.40. The normalized spacial score (nSPS) is 17.1. The second-order valence-corrected chi connectivity index (χ2v) is 5.61. The predicted octanol–water partition coefficient (Wildman–Crippen LogP) is 3.32. The first-order valence-corrected chi connectivity index (χ1v) is 7.01. The van der Waals surface area contributed by atoms with Gasteiger partial charge in [-0.05, 0) is 52.2 Å². The molecular formula is C15H13BrN2O2. The number of hydrogen-bond donors (Lipinski definition) is 3. The average Bonchev–Trinajstić information content (AvgIpc) is 2.43. The smallest absolute Gasteiger partial charge is 0.255 e. The van der Waals surface area contributed by atoms with Crippen LogP contribution in [0.3, 0.4) is 0 Å². The molecule has 0 radical (unpaired) electrons. The lowest BCUT2D eigenvalue weighted by Gasteiger charge is -2.29. The van der Waals surface area contributed by atoms with E-state index in [9.17, 15) is 9.90 Å². The van der Waals surface area contributed by atoms with E-state index in [1.165, 1.54) is 0 Å². The van der Waals surface area contributed by atoms with Crippen LogP contribution >= 0.6 is 15.9 Å². The molecule has 0 aromatic heterocycles. The van der Waals surface area contributed by atoms with E-state index in [1.54, 1.807) is 24.3 Å². The summed E-state index contributed by atoms with van der Waals surface area (Å²) in [7, 11) is 0. The van der Waals surface area contributed by atoms with Gasteiger partial charge in [-0.15, -0.1) is 0 Å².